The Balaban J connectivity index is 0.00000441. The second kappa shape index (κ2) is 14.7. The average molecular weight is 609 g/mol. The van der Waals surface area contributed by atoms with Crippen molar-refractivity contribution in [3.8, 4) is 9.88 Å². The predicted octanol–water partition coefficient (Wildman–Crippen LogP) is 1.12. The molecule has 2 aromatic heterocycles. The molecule has 0 saturated carbocycles. The van der Waals surface area contributed by atoms with Gasteiger partial charge in [0.05, 0.1) is 23.7 Å². The molecule has 2 aromatic carbocycles. The van der Waals surface area contributed by atoms with E-state index in [1.165, 1.54) is 30.6 Å². The Morgan fingerprint density at radius 2 is 1.65 bits per heavy atom. The van der Waals surface area contributed by atoms with E-state index in [0.717, 1.165) is 21.0 Å². The molecule has 204 valence electrons. The third-order valence-corrected chi connectivity index (χ3v) is 8.03. The number of aromatic nitrogens is 1. The molecule has 40 heavy (non-hydrogen) atoms. The molecule has 4 rings (SSSR count). The quantitative estimate of drug-likeness (QED) is 0.171. The molecule has 0 radical (unpaired) electrons. The zero-order chi connectivity index (χ0) is 27.8. The van der Waals surface area contributed by atoms with E-state index >= 15 is 0 Å². The van der Waals surface area contributed by atoms with Gasteiger partial charge in [0.2, 0.25) is 5.91 Å². The van der Waals surface area contributed by atoms with Gasteiger partial charge in [-0.05, 0) is 41.1 Å². The fourth-order valence-corrected chi connectivity index (χ4v) is 5.92. The zero-order valence-electron chi connectivity index (χ0n) is 21.7. The smallest absolute Gasteiger partial charge is 0.731 e. The van der Waals surface area contributed by atoms with Gasteiger partial charge in [-0.25, -0.2) is 18.2 Å². The van der Waals surface area contributed by atoms with Crippen LogP contribution in [0.2, 0.25) is 0 Å². The van der Waals surface area contributed by atoms with E-state index in [2.05, 4.69) is 10.6 Å². The van der Waals surface area contributed by atoms with Crippen molar-refractivity contribution in [2.75, 3.05) is 11.8 Å². The van der Waals surface area contributed by atoms with Gasteiger partial charge in [0.25, 0.3) is 0 Å². The van der Waals surface area contributed by atoms with Crippen LogP contribution in [0.1, 0.15) is 22.9 Å². The molecule has 2 unspecified atom stereocenters. The number of nitrogens with zero attached hydrogens (tertiary/aromatic N) is 1. The number of carbonyl (C=O) groups is 2. The van der Waals surface area contributed by atoms with Crippen LogP contribution in [0.15, 0.2) is 77.5 Å². The maximum Gasteiger partial charge on any atom is 1.00 e. The molecule has 0 spiro atoms. The van der Waals surface area contributed by atoms with Crippen molar-refractivity contribution >= 4 is 50.7 Å². The van der Waals surface area contributed by atoms with Gasteiger partial charge < -0.3 is 19.9 Å². The fraction of sp³-hybridized carbons (Fsp3) is 0.192. The number of methoxy groups -OCH3 is 1. The van der Waals surface area contributed by atoms with Crippen LogP contribution in [0, 0.1) is 0 Å². The summed E-state index contributed by atoms with van der Waals surface area (Å²) in [6.07, 6.45) is -0.163. The van der Waals surface area contributed by atoms with Crippen molar-refractivity contribution in [1.29, 1.82) is 0 Å². The van der Waals surface area contributed by atoms with Gasteiger partial charge in [0.15, 0.2) is 10.3 Å². The number of rotatable bonds is 11. The summed E-state index contributed by atoms with van der Waals surface area (Å²) in [5.41, 5.74) is 2.39. The monoisotopic (exact) mass is 608 g/mol. The molecule has 0 aliphatic heterocycles. The van der Waals surface area contributed by atoms with E-state index in [1.54, 1.807) is 23.5 Å². The van der Waals surface area contributed by atoms with E-state index in [9.17, 15) is 22.6 Å². The standard InChI is InChI=1S/C26H26N4O6S3.Na/c1-36-26(32)29-21(15-17-6-3-2-4-7-17)24(31)27-20(22-16-38-25(28-22)23-8-5-13-37-23)14-18-9-11-19(12-10-18)30-39(33,34)35;/h2-13,16,20-21,30H,14-15H2,1H3,(H,27,31)(H,29,32)(H,33,34,35);/q;+1/p-1. The third kappa shape index (κ3) is 9.41. The molecule has 0 aliphatic rings. The van der Waals surface area contributed by atoms with Crippen LogP contribution in [0.25, 0.3) is 9.88 Å². The Labute approximate surface area is 262 Å². The first-order chi connectivity index (χ1) is 18.7. The topological polar surface area (TPSA) is 150 Å². The SMILES string of the molecule is COC(=O)NC(Cc1ccccc1)C(=O)NC(Cc1ccc(NS(=O)(=O)[O-])cc1)c1csc(-c2cccs2)n1.[Na+]. The number of ether oxygens (including phenoxy) is 1. The minimum atomic E-state index is -4.65. The largest absolute Gasteiger partial charge is 1.00 e. The summed E-state index contributed by atoms with van der Waals surface area (Å²) in [4.78, 5) is 31.3. The summed E-state index contributed by atoms with van der Waals surface area (Å²) in [7, 11) is -3.42. The number of hydrogen-bond donors (Lipinski definition) is 3. The van der Waals surface area contributed by atoms with Crippen molar-refractivity contribution < 1.29 is 56.9 Å². The normalized spacial score (nSPS) is 12.4. The minimum Gasteiger partial charge on any atom is -0.731 e. The summed E-state index contributed by atoms with van der Waals surface area (Å²) in [5, 5.41) is 10.3. The van der Waals surface area contributed by atoms with E-state index in [4.69, 9.17) is 9.72 Å². The predicted molar refractivity (Wildman–Crippen MR) is 149 cm³/mol. The van der Waals surface area contributed by atoms with Gasteiger partial charge in [-0.2, -0.15) is 0 Å². The van der Waals surface area contributed by atoms with Gasteiger partial charge in [-0.15, -0.1) is 22.7 Å². The summed E-state index contributed by atoms with van der Waals surface area (Å²) in [6.45, 7) is 0. The van der Waals surface area contributed by atoms with Crippen molar-refractivity contribution in [1.82, 2.24) is 15.6 Å². The molecule has 10 nitrogen and oxygen atoms in total. The first-order valence-corrected chi connectivity index (χ1v) is 14.9. The van der Waals surface area contributed by atoms with E-state index in [0.29, 0.717) is 12.1 Å². The average Bonchev–Trinajstić information content (AvgIpc) is 3.61. The van der Waals surface area contributed by atoms with Crippen LogP contribution in [-0.2, 0) is 32.7 Å². The minimum absolute atomic E-state index is 0. The maximum atomic E-state index is 13.5. The van der Waals surface area contributed by atoms with Gasteiger partial charge in [-0.3, -0.25) is 9.52 Å². The fourth-order valence-electron chi connectivity index (χ4n) is 3.81. The number of anilines is 1. The van der Waals surface area contributed by atoms with Crippen molar-refractivity contribution in [3.63, 3.8) is 0 Å². The van der Waals surface area contributed by atoms with Crippen LogP contribution in [0.4, 0.5) is 10.5 Å². The number of thiazole rings is 1. The second-order valence-electron chi connectivity index (χ2n) is 8.45. The number of alkyl carbamates (subject to hydrolysis) is 1. The summed E-state index contributed by atoms with van der Waals surface area (Å²) in [6, 6.07) is 18.0. The zero-order valence-corrected chi connectivity index (χ0v) is 26.1. The molecule has 0 fully saturated rings. The summed E-state index contributed by atoms with van der Waals surface area (Å²) >= 11 is 3.01. The number of hydrogen-bond acceptors (Lipinski definition) is 9. The third-order valence-electron chi connectivity index (χ3n) is 5.64. The van der Waals surface area contributed by atoms with Crippen molar-refractivity contribution in [2.24, 2.45) is 0 Å². The Bertz CT molecular complexity index is 1500. The molecule has 2 heterocycles. The van der Waals surface area contributed by atoms with Crippen LogP contribution in [0.5, 0.6) is 0 Å². The first-order valence-electron chi connectivity index (χ1n) is 11.7. The number of carbonyl (C=O) groups excluding carboxylic acids is 2. The van der Waals surface area contributed by atoms with Crippen molar-refractivity contribution in [3.05, 3.63) is 94.3 Å². The molecular formula is C26H25N4NaO6S3. The van der Waals surface area contributed by atoms with Crippen molar-refractivity contribution in [2.45, 2.75) is 24.9 Å². The van der Waals surface area contributed by atoms with Crippen LogP contribution in [0.3, 0.4) is 0 Å². The molecule has 4 aromatic rings. The van der Waals surface area contributed by atoms with Crippen LogP contribution < -0.4 is 44.9 Å². The summed E-state index contributed by atoms with van der Waals surface area (Å²) < 4.78 is 39.6. The molecule has 0 aliphatic carbocycles. The Morgan fingerprint density at radius 3 is 2.27 bits per heavy atom. The maximum absolute atomic E-state index is 13.5. The van der Waals surface area contributed by atoms with E-state index in [-0.39, 0.29) is 41.7 Å². The molecule has 14 heteroatoms. The molecule has 0 bridgehead atoms. The Morgan fingerprint density at radius 1 is 0.950 bits per heavy atom. The first kappa shape index (κ1) is 31.7. The van der Waals surface area contributed by atoms with Gasteiger partial charge in [-0.1, -0.05) is 48.5 Å². The Hall–Kier alpha value is -2.78. The molecule has 2 amide bonds. The van der Waals surface area contributed by atoms with E-state index in [1.807, 2.05) is 57.9 Å². The van der Waals surface area contributed by atoms with Gasteiger partial charge >= 0.3 is 35.7 Å². The van der Waals surface area contributed by atoms with Crippen LogP contribution in [-0.4, -0.2) is 43.1 Å². The van der Waals surface area contributed by atoms with E-state index < -0.39 is 34.4 Å². The molecular weight excluding hydrogens is 583 g/mol. The second-order valence-corrected chi connectivity index (χ2v) is 11.4. The Kier molecular flexibility index (Phi) is 11.7. The van der Waals surface area contributed by atoms with Gasteiger partial charge in [0.1, 0.15) is 11.0 Å². The molecule has 3 N–H and O–H groups in total. The molecule has 2 atom stereocenters. The number of benzene rings is 2. The van der Waals surface area contributed by atoms with Gasteiger partial charge in [0, 0.05) is 17.5 Å². The summed E-state index contributed by atoms with van der Waals surface area (Å²) in [5.74, 6) is -0.421. The molecule has 0 saturated heterocycles. The number of nitrogens with one attached hydrogen (secondary N) is 3. The number of amides is 2. The van der Waals surface area contributed by atoms with Crippen LogP contribution >= 0.6 is 22.7 Å². The number of thiophene rings is 1.